The number of likely N-dealkylation sites (N-methyl/N-ethyl adjacent to an activating group) is 1. The third-order valence-corrected chi connectivity index (χ3v) is 6.88. The molecule has 3 amide bonds. The fourth-order valence-electron chi connectivity index (χ4n) is 3.05. The molecule has 0 aliphatic heterocycles. The maximum atomic E-state index is 12.9. The number of rotatable bonds is 7. The molecule has 1 aromatic heterocycles. The second-order valence-electron chi connectivity index (χ2n) is 8.01. The zero-order valence-electron chi connectivity index (χ0n) is 19.6. The minimum absolute atomic E-state index is 0.0381. The summed E-state index contributed by atoms with van der Waals surface area (Å²) in [4.78, 5) is 43.6. The number of carbonyl (C=O) groups is 3. The SMILES string of the molecule is CN(C)CC(=O)N=S(C)(=O)c1ccc(C(=O)Nc2ccc(Cl)cc2C(=O)Nc2ccc(Cl)cn2)cc1. The summed E-state index contributed by atoms with van der Waals surface area (Å²) in [6.07, 6.45) is 2.76. The molecule has 3 aromatic rings. The summed E-state index contributed by atoms with van der Waals surface area (Å²) in [5, 5.41) is 6.03. The molecule has 0 aliphatic rings. The zero-order valence-corrected chi connectivity index (χ0v) is 21.9. The van der Waals surface area contributed by atoms with Gasteiger partial charge >= 0.3 is 0 Å². The minimum Gasteiger partial charge on any atom is -0.321 e. The van der Waals surface area contributed by atoms with Crippen molar-refractivity contribution in [3.05, 3.63) is 82.0 Å². The molecule has 1 heterocycles. The van der Waals surface area contributed by atoms with E-state index in [1.807, 2.05) is 0 Å². The molecular weight excluding hydrogens is 525 g/mol. The van der Waals surface area contributed by atoms with Crippen LogP contribution in [-0.4, -0.2) is 58.7 Å². The molecule has 0 bridgehead atoms. The Kier molecular flexibility index (Phi) is 8.80. The van der Waals surface area contributed by atoms with E-state index in [1.54, 1.807) is 25.1 Å². The number of nitrogens with zero attached hydrogens (tertiary/aromatic N) is 3. The Labute approximate surface area is 219 Å². The smallest absolute Gasteiger partial charge is 0.268 e. The largest absolute Gasteiger partial charge is 0.321 e. The molecular formula is C24H23Cl2N5O4S. The summed E-state index contributed by atoms with van der Waals surface area (Å²) in [6.45, 7) is 0.0381. The zero-order chi connectivity index (χ0) is 26.5. The fraction of sp³-hybridized carbons (Fsp3) is 0.167. The van der Waals surface area contributed by atoms with Crippen molar-refractivity contribution < 1.29 is 18.6 Å². The second-order valence-corrected chi connectivity index (χ2v) is 11.1. The van der Waals surface area contributed by atoms with Gasteiger partial charge in [0, 0.05) is 27.9 Å². The first-order chi connectivity index (χ1) is 16.9. The van der Waals surface area contributed by atoms with Crippen LogP contribution < -0.4 is 10.6 Å². The van der Waals surface area contributed by atoms with Crippen LogP contribution in [0.1, 0.15) is 20.7 Å². The highest BCUT2D eigenvalue weighted by Crippen LogP contribution is 2.23. The van der Waals surface area contributed by atoms with Gasteiger partial charge in [-0.1, -0.05) is 23.2 Å². The van der Waals surface area contributed by atoms with E-state index in [1.165, 1.54) is 61.0 Å². The monoisotopic (exact) mass is 547 g/mol. The molecule has 0 saturated carbocycles. The maximum absolute atomic E-state index is 12.9. The van der Waals surface area contributed by atoms with Crippen LogP contribution in [0.4, 0.5) is 11.5 Å². The van der Waals surface area contributed by atoms with E-state index >= 15 is 0 Å². The summed E-state index contributed by atoms with van der Waals surface area (Å²) in [5.74, 6) is -1.27. The van der Waals surface area contributed by atoms with Crippen molar-refractivity contribution in [1.82, 2.24) is 9.88 Å². The average Bonchev–Trinajstić information content (AvgIpc) is 2.80. The van der Waals surface area contributed by atoms with Gasteiger partial charge in [-0.3, -0.25) is 14.4 Å². The maximum Gasteiger partial charge on any atom is 0.268 e. The van der Waals surface area contributed by atoms with Crippen molar-refractivity contribution in [3.63, 3.8) is 0 Å². The Morgan fingerprint density at radius 1 is 0.944 bits per heavy atom. The Bertz CT molecular complexity index is 1420. The number of halogens is 2. The van der Waals surface area contributed by atoms with Gasteiger partial charge in [-0.15, -0.1) is 0 Å². The summed E-state index contributed by atoms with van der Waals surface area (Å²) in [5.41, 5.74) is 0.594. The van der Waals surface area contributed by atoms with E-state index in [4.69, 9.17) is 23.2 Å². The molecule has 0 saturated heterocycles. The molecule has 2 aromatic carbocycles. The molecule has 1 atom stereocenters. The number of amides is 3. The van der Waals surface area contributed by atoms with Crippen molar-refractivity contribution in [1.29, 1.82) is 0 Å². The number of pyridine rings is 1. The molecule has 0 spiro atoms. The van der Waals surface area contributed by atoms with Gasteiger partial charge in [0.1, 0.15) is 5.82 Å². The molecule has 1 unspecified atom stereocenters. The number of hydrogen-bond donors (Lipinski definition) is 2. The standard InChI is InChI=1S/C24H23Cl2N5O4S/c1-31(2)14-22(32)30-36(3,35)18-8-4-15(5-9-18)23(33)28-20-10-6-16(25)12-19(20)24(34)29-21-11-7-17(26)13-27-21/h4-13H,14H2,1-3H3,(H,28,33)(H,27,29,34). The highest BCUT2D eigenvalue weighted by molar-refractivity contribution is 7.93. The Hall–Kier alpha value is -3.31. The van der Waals surface area contributed by atoms with Crippen molar-refractivity contribution in [2.75, 3.05) is 37.5 Å². The molecule has 188 valence electrons. The summed E-state index contributed by atoms with van der Waals surface area (Å²) < 4.78 is 16.7. The summed E-state index contributed by atoms with van der Waals surface area (Å²) in [6, 6.07) is 13.5. The van der Waals surface area contributed by atoms with Crippen LogP contribution in [0.15, 0.2) is 70.1 Å². The molecule has 9 nitrogen and oxygen atoms in total. The van der Waals surface area contributed by atoms with Crippen LogP contribution in [-0.2, 0) is 14.5 Å². The lowest BCUT2D eigenvalue weighted by Crippen LogP contribution is -2.21. The number of aromatic nitrogens is 1. The van der Waals surface area contributed by atoms with E-state index in [0.29, 0.717) is 14.9 Å². The van der Waals surface area contributed by atoms with Crippen LogP contribution >= 0.6 is 23.2 Å². The third kappa shape index (κ3) is 7.34. The average molecular weight is 548 g/mol. The van der Waals surface area contributed by atoms with Gasteiger partial charge in [0.05, 0.1) is 32.5 Å². The third-order valence-electron chi connectivity index (χ3n) is 4.72. The highest BCUT2D eigenvalue weighted by Gasteiger charge is 2.17. The Morgan fingerprint density at radius 2 is 1.61 bits per heavy atom. The van der Waals surface area contributed by atoms with Gasteiger partial charge < -0.3 is 15.5 Å². The number of carbonyl (C=O) groups excluding carboxylic acids is 3. The van der Waals surface area contributed by atoms with E-state index in [0.717, 1.165) is 0 Å². The predicted octanol–water partition coefficient (Wildman–Crippen LogP) is 4.44. The molecule has 0 radical (unpaired) electrons. The summed E-state index contributed by atoms with van der Waals surface area (Å²) in [7, 11) is 0.445. The number of nitrogens with one attached hydrogen (secondary N) is 2. The van der Waals surface area contributed by atoms with Gasteiger partial charge in [0.2, 0.25) is 0 Å². The second kappa shape index (κ2) is 11.6. The van der Waals surface area contributed by atoms with Crippen molar-refractivity contribution in [3.8, 4) is 0 Å². The topological polar surface area (TPSA) is 121 Å². The normalized spacial score (nSPS) is 12.5. The van der Waals surface area contributed by atoms with E-state index < -0.39 is 27.5 Å². The first-order valence-electron chi connectivity index (χ1n) is 10.5. The Morgan fingerprint density at radius 3 is 2.22 bits per heavy atom. The van der Waals surface area contributed by atoms with E-state index in [-0.39, 0.29) is 29.2 Å². The van der Waals surface area contributed by atoms with Crippen LogP contribution in [0.2, 0.25) is 10.0 Å². The van der Waals surface area contributed by atoms with Crippen LogP contribution in [0, 0.1) is 0 Å². The van der Waals surface area contributed by atoms with Crippen LogP contribution in [0.5, 0.6) is 0 Å². The van der Waals surface area contributed by atoms with Crippen molar-refractivity contribution in [2.24, 2.45) is 4.36 Å². The molecule has 0 fully saturated rings. The number of benzene rings is 2. The first-order valence-corrected chi connectivity index (χ1v) is 13.2. The quantitative estimate of drug-likeness (QED) is 0.451. The lowest BCUT2D eigenvalue weighted by atomic mass is 10.1. The van der Waals surface area contributed by atoms with Crippen molar-refractivity contribution in [2.45, 2.75) is 4.90 Å². The summed E-state index contributed by atoms with van der Waals surface area (Å²) >= 11 is 11.9. The van der Waals surface area contributed by atoms with E-state index in [9.17, 15) is 18.6 Å². The first kappa shape index (κ1) is 27.3. The molecule has 2 N–H and O–H groups in total. The van der Waals surface area contributed by atoms with Crippen LogP contribution in [0.25, 0.3) is 0 Å². The predicted molar refractivity (Wildman–Crippen MR) is 141 cm³/mol. The molecule has 36 heavy (non-hydrogen) atoms. The molecule has 3 rings (SSSR count). The van der Waals surface area contributed by atoms with Gasteiger partial charge in [-0.25, -0.2) is 9.19 Å². The minimum atomic E-state index is -2.98. The number of hydrogen-bond acceptors (Lipinski definition) is 6. The van der Waals surface area contributed by atoms with Gasteiger partial charge in [-0.05, 0) is 68.7 Å². The molecule has 0 aliphatic carbocycles. The lowest BCUT2D eigenvalue weighted by molar-refractivity contribution is -0.118. The fourth-order valence-corrected chi connectivity index (χ4v) is 4.52. The Balaban J connectivity index is 1.79. The van der Waals surface area contributed by atoms with E-state index in [2.05, 4.69) is 20.0 Å². The highest BCUT2D eigenvalue weighted by atomic mass is 35.5. The van der Waals surface area contributed by atoms with Gasteiger partial charge in [0.25, 0.3) is 17.7 Å². The lowest BCUT2D eigenvalue weighted by Gasteiger charge is -2.12. The number of anilines is 2. The van der Waals surface area contributed by atoms with Gasteiger partial charge in [-0.2, -0.15) is 4.36 Å². The van der Waals surface area contributed by atoms with Gasteiger partial charge in [0.15, 0.2) is 0 Å². The van der Waals surface area contributed by atoms with Crippen molar-refractivity contribution >= 4 is 62.2 Å². The van der Waals surface area contributed by atoms with Crippen LogP contribution in [0.3, 0.4) is 0 Å². The molecule has 12 heteroatoms.